The van der Waals surface area contributed by atoms with Crippen LogP contribution in [0.25, 0.3) is 0 Å². The highest BCUT2D eigenvalue weighted by atomic mass is 16.5. The molecule has 1 aromatic rings. The first-order valence-electron chi connectivity index (χ1n) is 5.55. The van der Waals surface area contributed by atoms with Gasteiger partial charge in [0.05, 0.1) is 7.11 Å². The Hall–Kier alpha value is -1.85. The van der Waals surface area contributed by atoms with Crippen molar-refractivity contribution in [3.8, 4) is 0 Å². The maximum absolute atomic E-state index is 11.8. The van der Waals surface area contributed by atoms with Crippen LogP contribution < -0.4 is 5.32 Å². The molecule has 1 N–H and O–H groups in total. The van der Waals surface area contributed by atoms with Crippen LogP contribution in [-0.4, -0.2) is 30.2 Å². The van der Waals surface area contributed by atoms with E-state index in [9.17, 15) is 9.59 Å². The van der Waals surface area contributed by atoms with E-state index in [0.29, 0.717) is 12.2 Å². The number of esters is 1. The Morgan fingerprint density at radius 1 is 1.53 bits per heavy atom. The van der Waals surface area contributed by atoms with Gasteiger partial charge in [-0.2, -0.15) is 0 Å². The summed E-state index contributed by atoms with van der Waals surface area (Å²) in [5.74, 6) is -0.599. The van der Waals surface area contributed by atoms with Crippen LogP contribution >= 0.6 is 0 Å². The van der Waals surface area contributed by atoms with Crippen molar-refractivity contribution in [2.45, 2.75) is 32.2 Å². The number of aromatic nitrogens is 1. The Labute approximate surface area is 98.3 Å². The quantitative estimate of drug-likeness (QED) is 0.788. The van der Waals surface area contributed by atoms with Gasteiger partial charge in [0.2, 0.25) is 0 Å². The maximum Gasteiger partial charge on any atom is 0.343 e. The molecule has 1 saturated carbocycles. The van der Waals surface area contributed by atoms with E-state index in [-0.39, 0.29) is 23.2 Å². The van der Waals surface area contributed by atoms with Crippen molar-refractivity contribution in [2.75, 3.05) is 7.11 Å². The Bertz CT molecular complexity index is 448. The topological polar surface area (TPSA) is 81.4 Å². The number of rotatable bonds is 4. The molecule has 0 unspecified atom stereocenters. The molecule has 0 spiro atoms. The van der Waals surface area contributed by atoms with Crippen LogP contribution in [0.4, 0.5) is 0 Å². The van der Waals surface area contributed by atoms with Crippen LogP contribution in [0.1, 0.15) is 46.4 Å². The molecule has 1 aromatic heterocycles. The number of hydrogen-bond acceptors (Lipinski definition) is 5. The molecule has 2 rings (SSSR count). The van der Waals surface area contributed by atoms with Crippen molar-refractivity contribution in [1.82, 2.24) is 10.5 Å². The Kier molecular flexibility index (Phi) is 3.12. The fraction of sp³-hybridized carbons (Fsp3) is 0.545. The van der Waals surface area contributed by atoms with Crippen LogP contribution in [0.2, 0.25) is 0 Å². The van der Waals surface area contributed by atoms with Gasteiger partial charge in [0.25, 0.3) is 5.91 Å². The summed E-state index contributed by atoms with van der Waals surface area (Å²) in [7, 11) is 1.26. The lowest BCUT2D eigenvalue weighted by Gasteiger charge is -2.02. The van der Waals surface area contributed by atoms with E-state index in [4.69, 9.17) is 4.52 Å². The van der Waals surface area contributed by atoms with Crippen LogP contribution in [0.3, 0.4) is 0 Å². The third-order valence-corrected chi connectivity index (χ3v) is 2.60. The largest absolute Gasteiger partial charge is 0.465 e. The van der Waals surface area contributed by atoms with Gasteiger partial charge in [0, 0.05) is 12.5 Å². The number of aryl methyl sites for hydroxylation is 1. The van der Waals surface area contributed by atoms with Gasteiger partial charge in [-0.3, -0.25) is 4.79 Å². The first-order valence-corrected chi connectivity index (χ1v) is 5.55. The fourth-order valence-corrected chi connectivity index (χ4v) is 1.51. The predicted octanol–water partition coefficient (Wildman–Crippen LogP) is 0.916. The number of methoxy groups -OCH3 is 1. The molecule has 17 heavy (non-hydrogen) atoms. The lowest BCUT2D eigenvalue weighted by atomic mass is 10.1. The van der Waals surface area contributed by atoms with E-state index in [2.05, 4.69) is 15.2 Å². The molecular weight excluding hydrogens is 224 g/mol. The molecule has 0 radical (unpaired) electrons. The van der Waals surface area contributed by atoms with Gasteiger partial charge in [-0.15, -0.1) is 0 Å². The first-order chi connectivity index (χ1) is 8.17. The number of nitrogens with zero attached hydrogens (tertiary/aromatic N) is 1. The third kappa shape index (κ3) is 2.30. The molecule has 92 valence electrons. The lowest BCUT2D eigenvalue weighted by Crippen LogP contribution is -2.27. The van der Waals surface area contributed by atoms with Crippen LogP contribution in [-0.2, 0) is 11.2 Å². The third-order valence-electron chi connectivity index (χ3n) is 2.60. The van der Waals surface area contributed by atoms with E-state index in [1.165, 1.54) is 7.11 Å². The highest BCUT2D eigenvalue weighted by molar-refractivity contribution is 6.04. The van der Waals surface area contributed by atoms with Gasteiger partial charge < -0.3 is 14.6 Å². The number of nitrogens with one attached hydrogen (secondary N) is 1. The summed E-state index contributed by atoms with van der Waals surface area (Å²) in [6.45, 7) is 1.82. The fourth-order valence-electron chi connectivity index (χ4n) is 1.51. The Morgan fingerprint density at radius 2 is 2.24 bits per heavy atom. The average molecular weight is 238 g/mol. The van der Waals surface area contributed by atoms with Gasteiger partial charge in [-0.05, 0) is 12.8 Å². The molecule has 6 heteroatoms. The van der Waals surface area contributed by atoms with E-state index >= 15 is 0 Å². The molecule has 0 saturated heterocycles. The molecule has 1 fully saturated rings. The normalized spacial score (nSPS) is 14.5. The minimum absolute atomic E-state index is 0.0144. The van der Waals surface area contributed by atoms with Crippen molar-refractivity contribution in [3.05, 3.63) is 17.0 Å². The zero-order chi connectivity index (χ0) is 12.4. The minimum Gasteiger partial charge on any atom is -0.465 e. The first kappa shape index (κ1) is 11.6. The highest BCUT2D eigenvalue weighted by Gasteiger charge is 2.31. The molecule has 1 amide bonds. The van der Waals surface area contributed by atoms with E-state index < -0.39 is 5.97 Å². The second kappa shape index (κ2) is 4.57. The van der Waals surface area contributed by atoms with Gasteiger partial charge in [0.15, 0.2) is 11.5 Å². The summed E-state index contributed by atoms with van der Waals surface area (Å²) in [6, 6.07) is 0.203. The van der Waals surface area contributed by atoms with Crippen molar-refractivity contribution in [2.24, 2.45) is 0 Å². The predicted molar refractivity (Wildman–Crippen MR) is 57.7 cm³/mol. The second-order valence-corrected chi connectivity index (χ2v) is 3.92. The molecule has 0 atom stereocenters. The van der Waals surface area contributed by atoms with E-state index in [0.717, 1.165) is 12.8 Å². The summed E-state index contributed by atoms with van der Waals surface area (Å²) in [5.41, 5.74) is 0.147. The summed E-state index contributed by atoms with van der Waals surface area (Å²) in [5, 5.41) is 6.41. The number of ether oxygens (including phenoxy) is 1. The van der Waals surface area contributed by atoms with Crippen LogP contribution in [0.5, 0.6) is 0 Å². The average Bonchev–Trinajstić information content (AvgIpc) is 3.03. The maximum atomic E-state index is 11.8. The number of carbonyl (C=O) groups is 2. The zero-order valence-electron chi connectivity index (χ0n) is 9.78. The molecule has 6 nitrogen and oxygen atoms in total. The van der Waals surface area contributed by atoms with Gasteiger partial charge >= 0.3 is 5.97 Å². The van der Waals surface area contributed by atoms with Crippen LogP contribution in [0.15, 0.2) is 4.52 Å². The monoisotopic (exact) mass is 238 g/mol. The minimum atomic E-state index is -0.593. The van der Waals surface area contributed by atoms with Crippen molar-refractivity contribution < 1.29 is 18.8 Å². The Morgan fingerprint density at radius 3 is 2.76 bits per heavy atom. The van der Waals surface area contributed by atoms with E-state index in [1.54, 1.807) is 0 Å². The molecule has 1 aliphatic rings. The summed E-state index contributed by atoms with van der Waals surface area (Å²) >= 11 is 0. The standard InChI is InChI=1S/C11H14N2O4/c1-3-7-8(11(15)16-2)9(13-17-7)10(14)12-6-4-5-6/h6H,3-5H2,1-2H3,(H,12,14). The van der Waals surface area contributed by atoms with Crippen molar-refractivity contribution in [1.29, 1.82) is 0 Å². The highest BCUT2D eigenvalue weighted by Crippen LogP contribution is 2.21. The van der Waals surface area contributed by atoms with Crippen molar-refractivity contribution >= 4 is 11.9 Å². The van der Waals surface area contributed by atoms with Crippen molar-refractivity contribution in [3.63, 3.8) is 0 Å². The Balaban J connectivity index is 2.28. The summed E-state index contributed by atoms with van der Waals surface area (Å²) in [6.07, 6.45) is 2.42. The van der Waals surface area contributed by atoms with Gasteiger partial charge in [-0.1, -0.05) is 12.1 Å². The smallest absolute Gasteiger partial charge is 0.343 e. The summed E-state index contributed by atoms with van der Waals surface area (Å²) in [4.78, 5) is 23.4. The SMILES string of the molecule is CCc1onc(C(=O)NC2CC2)c1C(=O)OC. The van der Waals surface area contributed by atoms with Gasteiger partial charge in [-0.25, -0.2) is 4.79 Å². The second-order valence-electron chi connectivity index (χ2n) is 3.92. The molecule has 0 aromatic carbocycles. The number of hydrogen-bond donors (Lipinski definition) is 1. The van der Waals surface area contributed by atoms with E-state index in [1.807, 2.05) is 6.92 Å². The van der Waals surface area contributed by atoms with Gasteiger partial charge in [0.1, 0.15) is 5.56 Å². The molecule has 0 bridgehead atoms. The van der Waals surface area contributed by atoms with Crippen LogP contribution in [0, 0.1) is 0 Å². The molecule has 0 aliphatic heterocycles. The summed E-state index contributed by atoms with van der Waals surface area (Å²) < 4.78 is 9.61. The molecular formula is C11H14N2O4. The molecule has 1 heterocycles. The molecule has 1 aliphatic carbocycles. The number of carbonyl (C=O) groups excluding carboxylic acids is 2. The zero-order valence-corrected chi connectivity index (χ0v) is 9.78. The lowest BCUT2D eigenvalue weighted by molar-refractivity contribution is 0.0594. The number of amides is 1.